The number of amides is 3. The molecule has 3 heterocycles. The standard InChI is InChI=1S/C30H26ClF2N5O2/c1-36-28(38-10-9-27(39)35-30(38)40)14-34-29(36)19-7-8-20-15-37(17-22(20)13-19)16-21-6-5-18(12-26(21)33)11-23-24(31)3-2-4-25(23)32/h2-8,12-14H,9-11,15-17H2,1H3,(H,35,39,40). The Bertz CT molecular complexity index is 1630. The second-order valence-electron chi connectivity index (χ2n) is 10.2. The topological polar surface area (TPSA) is 70.5 Å². The Kier molecular flexibility index (Phi) is 6.85. The molecule has 1 fully saturated rings. The van der Waals surface area contributed by atoms with E-state index in [0.29, 0.717) is 59.5 Å². The third-order valence-corrected chi connectivity index (χ3v) is 7.85. The number of hydrogen-bond donors (Lipinski definition) is 1. The van der Waals surface area contributed by atoms with Crippen LogP contribution in [-0.4, -0.2) is 32.9 Å². The van der Waals surface area contributed by atoms with Gasteiger partial charge in [-0.05, 0) is 41.0 Å². The third-order valence-electron chi connectivity index (χ3n) is 7.50. The van der Waals surface area contributed by atoms with Crippen LogP contribution in [0.25, 0.3) is 11.4 Å². The first kappa shape index (κ1) is 26.2. The Balaban J connectivity index is 1.15. The molecule has 3 amide bonds. The van der Waals surface area contributed by atoms with Crippen LogP contribution in [0.4, 0.5) is 19.4 Å². The number of imidazole rings is 1. The van der Waals surface area contributed by atoms with Crippen molar-refractivity contribution in [1.82, 2.24) is 19.8 Å². The van der Waals surface area contributed by atoms with Gasteiger partial charge in [-0.25, -0.2) is 18.6 Å². The van der Waals surface area contributed by atoms with Gasteiger partial charge in [-0.2, -0.15) is 0 Å². The zero-order chi connectivity index (χ0) is 28.0. The lowest BCUT2D eigenvalue weighted by Gasteiger charge is -2.26. The van der Waals surface area contributed by atoms with Gasteiger partial charge < -0.3 is 4.57 Å². The Morgan fingerprint density at radius 1 is 1.00 bits per heavy atom. The van der Waals surface area contributed by atoms with E-state index in [2.05, 4.69) is 27.3 Å². The Morgan fingerprint density at radius 3 is 2.60 bits per heavy atom. The van der Waals surface area contributed by atoms with E-state index in [9.17, 15) is 14.0 Å². The fourth-order valence-electron chi connectivity index (χ4n) is 5.39. The zero-order valence-corrected chi connectivity index (χ0v) is 22.5. The van der Waals surface area contributed by atoms with Crippen LogP contribution >= 0.6 is 11.6 Å². The number of imide groups is 1. The van der Waals surface area contributed by atoms with Gasteiger partial charge in [0, 0.05) is 67.8 Å². The van der Waals surface area contributed by atoms with Crippen LogP contribution in [0.1, 0.15) is 34.2 Å². The molecular formula is C30H26ClF2N5O2. The number of anilines is 1. The molecule has 1 saturated heterocycles. The van der Waals surface area contributed by atoms with Crippen molar-refractivity contribution in [3.05, 3.63) is 105 Å². The van der Waals surface area contributed by atoms with Crippen LogP contribution in [0, 0.1) is 11.6 Å². The highest BCUT2D eigenvalue weighted by molar-refractivity contribution is 6.31. The van der Waals surface area contributed by atoms with Crippen molar-refractivity contribution in [2.75, 3.05) is 11.4 Å². The maximum absolute atomic E-state index is 15.1. The highest BCUT2D eigenvalue weighted by Crippen LogP contribution is 2.31. The lowest BCUT2D eigenvalue weighted by atomic mass is 10.0. The Labute approximate surface area is 235 Å². The predicted octanol–water partition coefficient (Wildman–Crippen LogP) is 5.57. The lowest BCUT2D eigenvalue weighted by Crippen LogP contribution is -2.50. The average Bonchev–Trinajstić information content (AvgIpc) is 3.50. The van der Waals surface area contributed by atoms with Gasteiger partial charge in [0.25, 0.3) is 0 Å². The molecule has 7 nitrogen and oxygen atoms in total. The molecule has 0 aliphatic carbocycles. The fraction of sp³-hybridized carbons (Fsp3) is 0.233. The lowest BCUT2D eigenvalue weighted by molar-refractivity contribution is -0.120. The van der Waals surface area contributed by atoms with E-state index in [-0.39, 0.29) is 24.6 Å². The van der Waals surface area contributed by atoms with Gasteiger partial charge in [0.05, 0.1) is 6.20 Å². The van der Waals surface area contributed by atoms with Gasteiger partial charge in [0.15, 0.2) is 0 Å². The number of nitrogens with one attached hydrogen (secondary N) is 1. The molecule has 3 aromatic carbocycles. The third kappa shape index (κ3) is 4.98. The van der Waals surface area contributed by atoms with Crippen molar-refractivity contribution in [2.45, 2.75) is 32.5 Å². The Morgan fingerprint density at radius 2 is 1.82 bits per heavy atom. The van der Waals surface area contributed by atoms with Crippen LogP contribution in [0.5, 0.6) is 0 Å². The van der Waals surface area contributed by atoms with Crippen LogP contribution < -0.4 is 10.2 Å². The van der Waals surface area contributed by atoms with Crippen molar-refractivity contribution < 1.29 is 18.4 Å². The quantitative estimate of drug-likeness (QED) is 0.334. The summed E-state index contributed by atoms with van der Waals surface area (Å²) in [6.07, 6.45) is 2.09. The first-order valence-corrected chi connectivity index (χ1v) is 13.3. The first-order valence-electron chi connectivity index (χ1n) is 12.9. The molecule has 0 bridgehead atoms. The molecular weight excluding hydrogens is 536 g/mol. The molecule has 4 aromatic rings. The maximum atomic E-state index is 15.1. The number of halogens is 3. The van der Waals surface area contributed by atoms with E-state index in [1.807, 2.05) is 23.7 Å². The maximum Gasteiger partial charge on any atom is 0.329 e. The minimum Gasteiger partial charge on any atom is -0.314 e. The fourth-order valence-corrected chi connectivity index (χ4v) is 5.62. The molecule has 1 aromatic heterocycles. The molecule has 0 unspecified atom stereocenters. The number of fused-ring (bicyclic) bond motifs is 1. The number of hydrogen-bond acceptors (Lipinski definition) is 4. The molecule has 0 saturated carbocycles. The highest BCUT2D eigenvalue weighted by Gasteiger charge is 2.28. The number of urea groups is 1. The van der Waals surface area contributed by atoms with Crippen molar-refractivity contribution >= 4 is 29.4 Å². The van der Waals surface area contributed by atoms with Crippen molar-refractivity contribution in [2.24, 2.45) is 7.05 Å². The predicted molar refractivity (Wildman–Crippen MR) is 148 cm³/mol. The molecule has 0 spiro atoms. The molecule has 1 N–H and O–H groups in total. The summed E-state index contributed by atoms with van der Waals surface area (Å²) < 4.78 is 31.1. The number of carbonyl (C=O) groups excluding carboxylic acids is 2. The van der Waals surface area contributed by atoms with E-state index >= 15 is 4.39 Å². The second kappa shape index (κ2) is 10.5. The van der Waals surface area contributed by atoms with Crippen LogP contribution in [0.3, 0.4) is 0 Å². The highest BCUT2D eigenvalue weighted by atomic mass is 35.5. The summed E-state index contributed by atoms with van der Waals surface area (Å²) in [7, 11) is 1.84. The monoisotopic (exact) mass is 561 g/mol. The van der Waals surface area contributed by atoms with Gasteiger partial charge in [0.1, 0.15) is 23.3 Å². The SMILES string of the molecule is Cn1c(N2CCC(=O)NC2=O)cnc1-c1ccc2c(c1)CN(Cc1ccc(Cc3c(F)cccc3Cl)cc1F)C2. The van der Waals surface area contributed by atoms with E-state index in [1.54, 1.807) is 24.4 Å². The van der Waals surface area contributed by atoms with Crippen LogP contribution in [0.15, 0.2) is 60.8 Å². The molecule has 10 heteroatoms. The van der Waals surface area contributed by atoms with E-state index < -0.39 is 11.8 Å². The Hall–Kier alpha value is -4.08. The number of aromatic nitrogens is 2. The molecule has 2 aliphatic rings. The van der Waals surface area contributed by atoms with Gasteiger partial charge in [-0.3, -0.25) is 19.9 Å². The van der Waals surface area contributed by atoms with Crippen LogP contribution in [-0.2, 0) is 37.9 Å². The summed E-state index contributed by atoms with van der Waals surface area (Å²) in [5, 5.41) is 2.67. The molecule has 6 rings (SSSR count). The zero-order valence-electron chi connectivity index (χ0n) is 21.8. The summed E-state index contributed by atoms with van der Waals surface area (Å²) in [4.78, 5) is 32.0. The number of rotatable bonds is 6. The summed E-state index contributed by atoms with van der Waals surface area (Å²) in [6.45, 7) is 2.09. The molecule has 0 radical (unpaired) electrons. The van der Waals surface area contributed by atoms with Gasteiger partial charge >= 0.3 is 6.03 Å². The molecule has 40 heavy (non-hydrogen) atoms. The largest absolute Gasteiger partial charge is 0.329 e. The molecule has 2 aliphatic heterocycles. The van der Waals surface area contributed by atoms with Crippen molar-refractivity contribution in [3.63, 3.8) is 0 Å². The van der Waals surface area contributed by atoms with E-state index in [4.69, 9.17) is 11.6 Å². The van der Waals surface area contributed by atoms with Gasteiger partial charge in [0.2, 0.25) is 5.91 Å². The number of nitrogens with zero attached hydrogens (tertiary/aromatic N) is 4. The molecule has 0 atom stereocenters. The summed E-state index contributed by atoms with van der Waals surface area (Å²) in [5.74, 6) is 0.304. The van der Waals surface area contributed by atoms with Gasteiger partial charge in [-0.15, -0.1) is 0 Å². The summed E-state index contributed by atoms with van der Waals surface area (Å²) in [5.41, 5.74) is 4.79. The van der Waals surface area contributed by atoms with Crippen LogP contribution in [0.2, 0.25) is 5.02 Å². The minimum atomic E-state index is -0.452. The van der Waals surface area contributed by atoms with Crippen molar-refractivity contribution in [1.29, 1.82) is 0 Å². The number of benzene rings is 3. The molecule has 204 valence electrons. The average molecular weight is 562 g/mol. The second-order valence-corrected chi connectivity index (χ2v) is 10.6. The van der Waals surface area contributed by atoms with E-state index in [0.717, 1.165) is 11.1 Å². The van der Waals surface area contributed by atoms with Crippen molar-refractivity contribution in [3.8, 4) is 11.4 Å². The van der Waals surface area contributed by atoms with E-state index in [1.165, 1.54) is 22.6 Å². The first-order chi connectivity index (χ1) is 19.3. The minimum absolute atomic E-state index is 0.218. The smallest absolute Gasteiger partial charge is 0.314 e. The van der Waals surface area contributed by atoms with Gasteiger partial charge in [-0.1, -0.05) is 41.9 Å². The summed E-state index contributed by atoms with van der Waals surface area (Å²) in [6, 6.07) is 15.3. The normalized spacial score (nSPS) is 15.4. The summed E-state index contributed by atoms with van der Waals surface area (Å²) >= 11 is 6.14. The number of carbonyl (C=O) groups is 2.